The Balaban J connectivity index is 1.72. The van der Waals surface area contributed by atoms with Gasteiger partial charge in [-0.2, -0.15) is 0 Å². The molecule has 0 unspecified atom stereocenters. The maximum Gasteiger partial charge on any atom is 0.352 e. The van der Waals surface area contributed by atoms with Crippen LogP contribution in [0.3, 0.4) is 0 Å². The molecule has 0 radical (unpaired) electrons. The fourth-order valence-electron chi connectivity index (χ4n) is 3.10. The summed E-state index contributed by atoms with van der Waals surface area (Å²) >= 11 is 1.32. The highest BCUT2D eigenvalue weighted by atomic mass is 32.2. The first-order chi connectivity index (χ1) is 13.8. The van der Waals surface area contributed by atoms with Gasteiger partial charge in [-0.05, 0) is 18.6 Å². The van der Waals surface area contributed by atoms with Crippen LogP contribution in [0.25, 0.3) is 6.08 Å². The number of rotatable bonds is 6. The number of thioether (sulfide) groups is 1. The van der Waals surface area contributed by atoms with Crippen molar-refractivity contribution in [3.05, 3.63) is 52.7 Å². The van der Waals surface area contributed by atoms with Crippen LogP contribution >= 0.6 is 11.8 Å². The summed E-state index contributed by atoms with van der Waals surface area (Å²) in [5, 5.41) is 11.7. The molecule has 0 saturated carbocycles. The highest BCUT2D eigenvalue weighted by Gasteiger charge is 2.54. The number of esters is 1. The van der Waals surface area contributed by atoms with Crippen molar-refractivity contribution in [3.63, 3.8) is 0 Å². The second-order valence-electron chi connectivity index (χ2n) is 6.64. The van der Waals surface area contributed by atoms with E-state index in [-0.39, 0.29) is 24.0 Å². The lowest BCUT2D eigenvalue weighted by Crippen LogP contribution is -2.70. The van der Waals surface area contributed by atoms with E-state index < -0.39 is 29.3 Å². The van der Waals surface area contributed by atoms with Crippen molar-refractivity contribution in [2.45, 2.75) is 25.3 Å². The molecule has 0 bridgehead atoms. The van der Waals surface area contributed by atoms with Crippen molar-refractivity contribution in [2.75, 3.05) is 12.4 Å². The summed E-state index contributed by atoms with van der Waals surface area (Å²) in [7, 11) is 0. The van der Waals surface area contributed by atoms with Crippen LogP contribution in [0.15, 0.2) is 47.2 Å². The summed E-state index contributed by atoms with van der Waals surface area (Å²) in [5.74, 6) is -2.40. The molecule has 1 aromatic carbocycles. The minimum absolute atomic E-state index is 0.179. The zero-order chi connectivity index (χ0) is 21.1. The number of nitrogens with one attached hydrogen (secondary N) is 1. The molecule has 152 valence electrons. The number of hydrogen-bond acceptors (Lipinski definition) is 6. The van der Waals surface area contributed by atoms with Crippen LogP contribution in [-0.2, 0) is 23.9 Å². The van der Waals surface area contributed by atoms with Gasteiger partial charge < -0.3 is 15.2 Å². The molecule has 2 aliphatic heterocycles. The zero-order valence-electron chi connectivity index (χ0n) is 15.9. The Labute approximate surface area is 171 Å². The summed E-state index contributed by atoms with van der Waals surface area (Å²) in [6.45, 7) is 2.69. The van der Waals surface area contributed by atoms with Gasteiger partial charge in [-0.1, -0.05) is 30.3 Å². The third-order valence-electron chi connectivity index (χ3n) is 4.53. The summed E-state index contributed by atoms with van der Waals surface area (Å²) in [5.41, 5.74) is 1.47. The number of nitrogens with zero attached hydrogens (tertiary/aromatic N) is 1. The van der Waals surface area contributed by atoms with Crippen LogP contribution in [-0.4, -0.2) is 57.5 Å². The van der Waals surface area contributed by atoms with Gasteiger partial charge in [0.15, 0.2) is 0 Å². The van der Waals surface area contributed by atoms with E-state index in [1.165, 1.54) is 18.7 Å². The summed E-state index contributed by atoms with van der Waals surface area (Å²) < 4.78 is 4.90. The molecule has 2 amide bonds. The first-order valence-corrected chi connectivity index (χ1v) is 9.92. The number of aliphatic carboxylic acids is 1. The average Bonchev–Trinajstić information content (AvgIpc) is 2.69. The lowest BCUT2D eigenvalue weighted by Gasteiger charge is -2.49. The highest BCUT2D eigenvalue weighted by molar-refractivity contribution is 8.00. The molecule has 3 rings (SSSR count). The minimum atomic E-state index is -1.27. The van der Waals surface area contributed by atoms with Gasteiger partial charge in [0.25, 0.3) is 5.91 Å². The standard InChI is InChI=1S/C20H20N2O6S/c1-11(8-13-6-4-3-5-7-13)17(24)21-15-18(25)22-16(20(26)27)14(9-28-12(2)23)10-29-19(15)22/h3-8,15,19H,9-10H2,1-2H3,(H,21,24)(H,26,27)/b11-8+/t15-,19-/m1/s1. The van der Waals surface area contributed by atoms with Gasteiger partial charge in [0.2, 0.25) is 5.91 Å². The summed E-state index contributed by atoms with van der Waals surface area (Å²) in [6, 6.07) is 8.50. The van der Waals surface area contributed by atoms with Crippen molar-refractivity contribution in [1.82, 2.24) is 10.2 Å². The van der Waals surface area contributed by atoms with Crippen LogP contribution in [0.2, 0.25) is 0 Å². The molecule has 8 nitrogen and oxygen atoms in total. The predicted molar refractivity (Wildman–Crippen MR) is 106 cm³/mol. The lowest BCUT2D eigenvalue weighted by molar-refractivity contribution is -0.150. The van der Waals surface area contributed by atoms with Crippen LogP contribution in [0.1, 0.15) is 19.4 Å². The van der Waals surface area contributed by atoms with Gasteiger partial charge in [-0.3, -0.25) is 19.3 Å². The molecule has 1 aromatic rings. The van der Waals surface area contributed by atoms with Gasteiger partial charge in [-0.15, -0.1) is 11.8 Å². The van der Waals surface area contributed by atoms with Gasteiger partial charge >= 0.3 is 11.9 Å². The Morgan fingerprint density at radius 1 is 1.28 bits per heavy atom. The monoisotopic (exact) mass is 416 g/mol. The van der Waals surface area contributed by atoms with E-state index in [0.717, 1.165) is 10.5 Å². The predicted octanol–water partition coefficient (Wildman–Crippen LogP) is 1.39. The van der Waals surface area contributed by atoms with Crippen LogP contribution in [0.4, 0.5) is 0 Å². The third-order valence-corrected chi connectivity index (χ3v) is 5.87. The number of carbonyl (C=O) groups excluding carboxylic acids is 3. The Hall–Kier alpha value is -3.07. The van der Waals surface area contributed by atoms with E-state index in [2.05, 4.69) is 5.32 Å². The van der Waals surface area contributed by atoms with Gasteiger partial charge in [0.05, 0.1) is 0 Å². The van der Waals surface area contributed by atoms with Gasteiger partial charge in [0, 0.05) is 23.8 Å². The molecular weight excluding hydrogens is 396 g/mol. The second-order valence-corrected chi connectivity index (χ2v) is 7.74. The molecule has 9 heteroatoms. The maximum atomic E-state index is 12.6. The Kier molecular flexibility index (Phi) is 6.07. The maximum absolute atomic E-state index is 12.6. The number of carboxylic acids is 1. The molecule has 0 aliphatic carbocycles. The lowest BCUT2D eigenvalue weighted by atomic mass is 10.0. The number of hydrogen-bond donors (Lipinski definition) is 2. The Morgan fingerprint density at radius 2 is 1.97 bits per heavy atom. The topological polar surface area (TPSA) is 113 Å². The van der Waals surface area contributed by atoms with Gasteiger partial charge in [0.1, 0.15) is 23.7 Å². The van der Waals surface area contributed by atoms with E-state index in [4.69, 9.17) is 4.74 Å². The molecule has 2 N–H and O–H groups in total. The molecule has 29 heavy (non-hydrogen) atoms. The summed E-state index contributed by atoms with van der Waals surface area (Å²) in [6.07, 6.45) is 1.71. The normalized spacial score (nSPS) is 21.2. The minimum Gasteiger partial charge on any atom is -0.477 e. The van der Waals surface area contributed by atoms with Crippen molar-refractivity contribution in [3.8, 4) is 0 Å². The fraction of sp³-hybridized carbons (Fsp3) is 0.300. The Bertz CT molecular complexity index is 924. The smallest absolute Gasteiger partial charge is 0.352 e. The number of benzene rings is 1. The van der Waals surface area contributed by atoms with E-state index in [0.29, 0.717) is 11.1 Å². The largest absolute Gasteiger partial charge is 0.477 e. The van der Waals surface area contributed by atoms with Crippen molar-refractivity contribution in [1.29, 1.82) is 0 Å². The number of carbonyl (C=O) groups is 4. The highest BCUT2D eigenvalue weighted by Crippen LogP contribution is 2.40. The molecule has 0 aromatic heterocycles. The van der Waals surface area contributed by atoms with Crippen molar-refractivity contribution in [2.24, 2.45) is 0 Å². The van der Waals surface area contributed by atoms with E-state index in [1.54, 1.807) is 13.0 Å². The molecule has 0 spiro atoms. The molecular formula is C20H20N2O6S. The van der Waals surface area contributed by atoms with Crippen LogP contribution in [0, 0.1) is 0 Å². The van der Waals surface area contributed by atoms with E-state index >= 15 is 0 Å². The fourth-order valence-corrected chi connectivity index (χ4v) is 4.43. The third kappa shape index (κ3) is 4.34. The summed E-state index contributed by atoms with van der Waals surface area (Å²) in [4.78, 5) is 48.9. The zero-order valence-corrected chi connectivity index (χ0v) is 16.7. The van der Waals surface area contributed by atoms with E-state index in [9.17, 15) is 24.3 Å². The molecule has 1 saturated heterocycles. The number of β-lactam (4-membered cyclic amide) rings is 1. The number of carboxylic acid groups (broad SMARTS) is 1. The number of fused-ring (bicyclic) bond motifs is 1. The SMILES string of the molecule is CC(=O)OCC1=C(C(=O)O)N2C(=O)[C@@H](NC(=O)/C(C)=C/c3ccccc3)[C@H]2SC1. The first kappa shape index (κ1) is 20.7. The molecule has 2 aliphatic rings. The van der Waals surface area contributed by atoms with Crippen molar-refractivity contribution >= 4 is 41.6 Å². The van der Waals surface area contributed by atoms with E-state index in [1.807, 2.05) is 30.3 Å². The molecule has 2 heterocycles. The van der Waals surface area contributed by atoms with Crippen LogP contribution in [0.5, 0.6) is 0 Å². The number of ether oxygens (including phenoxy) is 1. The van der Waals surface area contributed by atoms with Crippen molar-refractivity contribution < 1.29 is 29.0 Å². The molecule has 2 atom stereocenters. The first-order valence-electron chi connectivity index (χ1n) is 8.87. The average molecular weight is 416 g/mol. The number of amides is 2. The second kappa shape index (κ2) is 8.52. The van der Waals surface area contributed by atoms with Gasteiger partial charge in [-0.25, -0.2) is 4.79 Å². The Morgan fingerprint density at radius 3 is 2.59 bits per heavy atom. The van der Waals surface area contributed by atoms with Crippen LogP contribution < -0.4 is 5.32 Å². The quantitative estimate of drug-likeness (QED) is 0.409. The molecule has 1 fully saturated rings.